The Morgan fingerprint density at radius 2 is 1.87 bits per heavy atom. The van der Waals surface area contributed by atoms with Gasteiger partial charge in [-0.2, -0.15) is 10.1 Å². The number of aromatic nitrogens is 5. The highest BCUT2D eigenvalue weighted by atomic mass is 19.4. The summed E-state index contributed by atoms with van der Waals surface area (Å²) in [5.74, 6) is 0.115. The van der Waals surface area contributed by atoms with Gasteiger partial charge in [-0.3, -0.25) is 9.67 Å². The van der Waals surface area contributed by atoms with Gasteiger partial charge < -0.3 is 19.3 Å². The molecule has 0 unspecified atom stereocenters. The van der Waals surface area contributed by atoms with Crippen LogP contribution in [-0.2, 0) is 13.0 Å². The Morgan fingerprint density at radius 1 is 1.10 bits per heavy atom. The molecule has 0 bridgehead atoms. The number of benzene rings is 1. The molecule has 0 atom stereocenters. The number of likely N-dealkylation sites (tertiary alicyclic amines) is 1. The third kappa shape index (κ3) is 7.21. The zero-order valence-electron chi connectivity index (χ0n) is 21.4. The monoisotopic (exact) mass is 542 g/mol. The van der Waals surface area contributed by atoms with Crippen molar-refractivity contribution in [2.45, 2.75) is 51.6 Å². The summed E-state index contributed by atoms with van der Waals surface area (Å²) in [5.41, 5.74) is 4.00. The van der Waals surface area contributed by atoms with Crippen LogP contribution in [0.2, 0.25) is 0 Å². The number of hydrogen-bond donors (Lipinski definition) is 1. The summed E-state index contributed by atoms with van der Waals surface area (Å²) in [4.78, 5) is 11.3. The zero-order chi connectivity index (χ0) is 27.4. The van der Waals surface area contributed by atoms with Crippen molar-refractivity contribution < 1.29 is 27.5 Å². The number of aliphatic hydroxyl groups is 1. The van der Waals surface area contributed by atoms with Crippen LogP contribution in [0.4, 0.5) is 13.2 Å². The first kappa shape index (κ1) is 26.8. The Morgan fingerprint density at radius 3 is 2.62 bits per heavy atom. The van der Waals surface area contributed by atoms with Crippen LogP contribution in [0, 0.1) is 6.92 Å². The molecular weight excluding hydrogens is 513 g/mol. The van der Waals surface area contributed by atoms with Crippen molar-refractivity contribution in [2.24, 2.45) is 0 Å². The largest absolute Gasteiger partial charge is 0.573 e. The number of aryl methyl sites for hydroxylation is 2. The van der Waals surface area contributed by atoms with E-state index in [1.54, 1.807) is 0 Å². The van der Waals surface area contributed by atoms with Crippen LogP contribution < -0.4 is 4.74 Å². The SMILES string of the molecule is Cc1cc(-c2nc(-c3ccc(OC(F)(F)F)cc3)no2)nn1Cc1ccnc(CCCN2CCC(O)CC2)c1. The molecule has 12 heteroatoms. The van der Waals surface area contributed by atoms with E-state index < -0.39 is 6.36 Å². The lowest BCUT2D eigenvalue weighted by Crippen LogP contribution is -2.36. The number of aliphatic hydroxyl groups excluding tert-OH is 1. The fourth-order valence-electron chi connectivity index (χ4n) is 4.59. The first-order valence-electron chi connectivity index (χ1n) is 12.8. The Hall–Kier alpha value is -3.77. The summed E-state index contributed by atoms with van der Waals surface area (Å²) in [6, 6.07) is 11.1. The van der Waals surface area contributed by atoms with Gasteiger partial charge in [0, 0.05) is 36.2 Å². The third-order valence-electron chi connectivity index (χ3n) is 6.65. The van der Waals surface area contributed by atoms with Crippen molar-refractivity contribution in [3.05, 3.63) is 65.6 Å². The van der Waals surface area contributed by atoms with E-state index in [0.717, 1.165) is 62.3 Å². The van der Waals surface area contributed by atoms with Gasteiger partial charge >= 0.3 is 6.36 Å². The fraction of sp³-hybridized carbons (Fsp3) is 0.407. The molecule has 1 aliphatic rings. The van der Waals surface area contributed by atoms with Crippen molar-refractivity contribution in [3.63, 3.8) is 0 Å². The van der Waals surface area contributed by atoms with Crippen molar-refractivity contribution in [3.8, 4) is 28.7 Å². The quantitative estimate of drug-likeness (QED) is 0.326. The van der Waals surface area contributed by atoms with E-state index in [1.165, 1.54) is 24.3 Å². The molecule has 0 spiro atoms. The maximum Gasteiger partial charge on any atom is 0.573 e. The molecule has 4 heterocycles. The molecule has 3 aromatic heterocycles. The van der Waals surface area contributed by atoms with E-state index >= 15 is 0 Å². The van der Waals surface area contributed by atoms with Gasteiger partial charge in [0.15, 0.2) is 5.69 Å². The number of piperidine rings is 1. The summed E-state index contributed by atoms with van der Waals surface area (Å²) < 4.78 is 48.3. The number of nitrogens with zero attached hydrogens (tertiary/aromatic N) is 6. The lowest BCUT2D eigenvalue weighted by atomic mass is 10.1. The molecule has 1 aliphatic heterocycles. The molecule has 206 valence electrons. The molecule has 0 saturated carbocycles. The van der Waals surface area contributed by atoms with Gasteiger partial charge in [0.1, 0.15) is 5.75 Å². The van der Waals surface area contributed by atoms with Gasteiger partial charge in [0.2, 0.25) is 5.82 Å². The second-order valence-electron chi connectivity index (χ2n) is 9.66. The van der Waals surface area contributed by atoms with E-state index in [0.29, 0.717) is 17.8 Å². The average Bonchev–Trinajstić information content (AvgIpc) is 3.52. The predicted octanol–water partition coefficient (Wildman–Crippen LogP) is 4.64. The minimum absolute atomic E-state index is 0.157. The van der Waals surface area contributed by atoms with Gasteiger partial charge in [-0.25, -0.2) is 0 Å². The first-order chi connectivity index (χ1) is 18.7. The standard InChI is InChI=1S/C27H29F3N6O3/c1-18-15-24(26-32-25(34-39-26)20-4-6-23(7-5-20)38-27(28,29)30)33-36(18)17-19-8-11-31-21(16-19)3-2-12-35-13-9-22(37)10-14-35/h4-8,11,15-16,22,37H,2-3,9-10,12-14,17H2,1H3. The second-order valence-corrected chi connectivity index (χ2v) is 9.66. The first-order valence-corrected chi connectivity index (χ1v) is 12.8. The smallest absolute Gasteiger partial charge is 0.406 e. The molecule has 0 aliphatic carbocycles. The predicted molar refractivity (Wildman–Crippen MR) is 136 cm³/mol. The van der Waals surface area contributed by atoms with Crippen molar-refractivity contribution in [2.75, 3.05) is 19.6 Å². The highest BCUT2D eigenvalue weighted by Gasteiger charge is 2.31. The molecule has 4 aromatic rings. The van der Waals surface area contributed by atoms with Gasteiger partial charge in [-0.05, 0) is 87.2 Å². The maximum absolute atomic E-state index is 12.4. The molecule has 0 amide bonds. The lowest BCUT2D eigenvalue weighted by molar-refractivity contribution is -0.274. The molecule has 9 nitrogen and oxygen atoms in total. The van der Waals surface area contributed by atoms with Gasteiger partial charge in [0.05, 0.1) is 12.6 Å². The Balaban J connectivity index is 1.20. The van der Waals surface area contributed by atoms with Crippen LogP contribution >= 0.6 is 0 Å². The van der Waals surface area contributed by atoms with Crippen LogP contribution in [0.5, 0.6) is 5.75 Å². The molecule has 1 fully saturated rings. The normalized spacial score (nSPS) is 15.1. The number of alkyl halides is 3. The minimum atomic E-state index is -4.76. The Bertz CT molecular complexity index is 1380. The molecule has 1 N–H and O–H groups in total. The molecule has 1 saturated heterocycles. The molecule has 0 radical (unpaired) electrons. The molecule has 5 rings (SSSR count). The summed E-state index contributed by atoms with van der Waals surface area (Å²) >= 11 is 0. The van der Waals surface area contributed by atoms with Crippen LogP contribution in [0.3, 0.4) is 0 Å². The molecule has 1 aromatic carbocycles. The summed E-state index contributed by atoms with van der Waals surface area (Å²) in [5, 5.41) is 18.2. The van der Waals surface area contributed by atoms with Crippen LogP contribution in [0.1, 0.15) is 36.2 Å². The number of halogens is 3. The van der Waals surface area contributed by atoms with Crippen LogP contribution in [0.15, 0.2) is 53.2 Å². The summed E-state index contributed by atoms with van der Waals surface area (Å²) in [7, 11) is 0. The number of pyridine rings is 1. The van der Waals surface area contributed by atoms with Crippen LogP contribution in [-0.4, -0.2) is 67.0 Å². The van der Waals surface area contributed by atoms with Crippen LogP contribution in [0.25, 0.3) is 23.0 Å². The fourth-order valence-corrected chi connectivity index (χ4v) is 4.59. The van der Waals surface area contributed by atoms with E-state index in [1.807, 2.05) is 29.9 Å². The van der Waals surface area contributed by atoms with E-state index in [-0.39, 0.29) is 23.6 Å². The molecular formula is C27H29F3N6O3. The topological polar surface area (TPSA) is 102 Å². The van der Waals surface area contributed by atoms with E-state index in [2.05, 4.69) is 35.9 Å². The van der Waals surface area contributed by atoms with Crippen molar-refractivity contribution in [1.82, 2.24) is 29.8 Å². The van der Waals surface area contributed by atoms with Crippen molar-refractivity contribution in [1.29, 1.82) is 0 Å². The number of hydrogen-bond acceptors (Lipinski definition) is 8. The minimum Gasteiger partial charge on any atom is -0.406 e. The third-order valence-corrected chi connectivity index (χ3v) is 6.65. The number of ether oxygens (including phenoxy) is 1. The van der Waals surface area contributed by atoms with Gasteiger partial charge in [-0.1, -0.05) is 5.16 Å². The van der Waals surface area contributed by atoms with E-state index in [9.17, 15) is 18.3 Å². The Kier molecular flexibility index (Phi) is 7.94. The van der Waals surface area contributed by atoms with Gasteiger partial charge in [-0.15, -0.1) is 13.2 Å². The van der Waals surface area contributed by atoms with Gasteiger partial charge in [0.25, 0.3) is 5.89 Å². The second kappa shape index (κ2) is 11.5. The summed E-state index contributed by atoms with van der Waals surface area (Å²) in [6.45, 7) is 5.37. The maximum atomic E-state index is 12.4. The lowest BCUT2D eigenvalue weighted by Gasteiger charge is -2.29. The number of rotatable bonds is 9. The highest BCUT2D eigenvalue weighted by Crippen LogP contribution is 2.27. The van der Waals surface area contributed by atoms with Crippen molar-refractivity contribution >= 4 is 0 Å². The average molecular weight is 543 g/mol. The molecule has 39 heavy (non-hydrogen) atoms. The zero-order valence-corrected chi connectivity index (χ0v) is 21.4. The Labute approximate surface area is 223 Å². The summed E-state index contributed by atoms with van der Waals surface area (Å²) in [6.07, 6.45) is 0.482. The highest BCUT2D eigenvalue weighted by molar-refractivity contribution is 5.58. The van der Waals surface area contributed by atoms with E-state index in [4.69, 9.17) is 4.52 Å².